The van der Waals surface area contributed by atoms with Crippen LogP contribution in [0.15, 0.2) is 24.3 Å². The van der Waals surface area contributed by atoms with Crippen molar-refractivity contribution in [2.45, 2.75) is 25.1 Å². The lowest BCUT2D eigenvalue weighted by molar-refractivity contribution is -0.137. The summed E-state index contributed by atoms with van der Waals surface area (Å²) in [7, 11) is 1.63. The van der Waals surface area contributed by atoms with Crippen molar-refractivity contribution in [1.82, 2.24) is 25.6 Å². The second-order valence-corrected chi connectivity index (χ2v) is 4.67. The summed E-state index contributed by atoms with van der Waals surface area (Å²) in [6, 6.07) is 4.89. The third-order valence-electron chi connectivity index (χ3n) is 2.95. The lowest BCUT2D eigenvalue weighted by Crippen LogP contribution is -2.38. The van der Waals surface area contributed by atoms with Gasteiger partial charge in [-0.3, -0.25) is 11.3 Å². The zero-order chi connectivity index (χ0) is 15.5. The highest BCUT2D eigenvalue weighted by Gasteiger charge is 2.30. The van der Waals surface area contributed by atoms with Gasteiger partial charge in [-0.05, 0) is 23.3 Å². The standard InChI is InChI=1S/C12H15F3N6/c1-21-19-11(18-20-21)7-10(17-16)6-8-3-2-4-9(5-8)12(13,14)15/h2-5,10,17H,6-7,16H2,1H3. The molecule has 1 atom stereocenters. The quantitative estimate of drug-likeness (QED) is 0.632. The molecule has 1 aromatic carbocycles. The molecule has 0 aliphatic rings. The summed E-state index contributed by atoms with van der Waals surface area (Å²) in [5, 5.41) is 11.5. The molecule has 2 rings (SSSR count). The molecule has 1 heterocycles. The second-order valence-electron chi connectivity index (χ2n) is 4.67. The van der Waals surface area contributed by atoms with Crippen molar-refractivity contribution in [3.63, 3.8) is 0 Å². The van der Waals surface area contributed by atoms with Gasteiger partial charge in [-0.2, -0.15) is 18.0 Å². The molecule has 0 bridgehead atoms. The smallest absolute Gasteiger partial charge is 0.271 e. The van der Waals surface area contributed by atoms with Crippen molar-refractivity contribution < 1.29 is 13.2 Å². The van der Waals surface area contributed by atoms with E-state index in [-0.39, 0.29) is 6.04 Å². The van der Waals surface area contributed by atoms with E-state index in [1.165, 1.54) is 10.9 Å². The van der Waals surface area contributed by atoms with Crippen LogP contribution in [-0.2, 0) is 26.1 Å². The highest BCUT2D eigenvalue weighted by atomic mass is 19.4. The minimum atomic E-state index is -4.35. The number of hydrogen-bond donors (Lipinski definition) is 2. The predicted octanol–water partition coefficient (Wildman–Crippen LogP) is 0.846. The molecule has 0 saturated heterocycles. The number of aryl methyl sites for hydroxylation is 1. The van der Waals surface area contributed by atoms with Crippen molar-refractivity contribution in [3.05, 3.63) is 41.2 Å². The number of tetrazole rings is 1. The Bertz CT molecular complexity index is 595. The molecule has 0 radical (unpaired) electrons. The van der Waals surface area contributed by atoms with Crippen LogP contribution in [0.2, 0.25) is 0 Å². The van der Waals surface area contributed by atoms with Gasteiger partial charge < -0.3 is 0 Å². The zero-order valence-corrected chi connectivity index (χ0v) is 11.3. The summed E-state index contributed by atoms with van der Waals surface area (Å²) in [6.07, 6.45) is -3.65. The van der Waals surface area contributed by atoms with Crippen LogP contribution in [0.5, 0.6) is 0 Å². The van der Waals surface area contributed by atoms with Crippen LogP contribution < -0.4 is 11.3 Å². The molecule has 0 amide bonds. The van der Waals surface area contributed by atoms with Crippen LogP contribution in [0.3, 0.4) is 0 Å². The molecule has 9 heteroatoms. The first-order chi connectivity index (χ1) is 9.88. The SMILES string of the molecule is Cn1nnc(CC(Cc2cccc(C(F)(F)F)c2)NN)n1. The molecule has 0 aliphatic heterocycles. The molecule has 1 aromatic heterocycles. The van der Waals surface area contributed by atoms with E-state index in [0.717, 1.165) is 12.1 Å². The van der Waals surface area contributed by atoms with Crippen LogP contribution in [-0.4, -0.2) is 26.2 Å². The van der Waals surface area contributed by atoms with Gasteiger partial charge in [0.2, 0.25) is 0 Å². The lowest BCUT2D eigenvalue weighted by atomic mass is 10.0. The number of nitrogens with one attached hydrogen (secondary N) is 1. The van der Waals surface area contributed by atoms with E-state index < -0.39 is 11.7 Å². The molecular formula is C12H15F3N6. The molecule has 1 unspecified atom stereocenters. The van der Waals surface area contributed by atoms with Crippen molar-refractivity contribution in [1.29, 1.82) is 0 Å². The van der Waals surface area contributed by atoms with Gasteiger partial charge in [-0.15, -0.1) is 10.2 Å². The number of hydrazine groups is 1. The molecular weight excluding hydrogens is 285 g/mol. The van der Waals surface area contributed by atoms with Gasteiger partial charge in [-0.1, -0.05) is 18.2 Å². The molecule has 2 aromatic rings. The predicted molar refractivity (Wildman–Crippen MR) is 68.8 cm³/mol. The largest absolute Gasteiger partial charge is 0.416 e. The Kier molecular flexibility index (Phi) is 4.53. The molecule has 0 spiro atoms. The monoisotopic (exact) mass is 300 g/mol. The number of aromatic nitrogens is 4. The third kappa shape index (κ3) is 4.23. The van der Waals surface area contributed by atoms with Gasteiger partial charge in [0.1, 0.15) is 0 Å². The minimum absolute atomic E-state index is 0.280. The summed E-state index contributed by atoms with van der Waals surface area (Å²) in [5.74, 6) is 5.92. The lowest BCUT2D eigenvalue weighted by Gasteiger charge is -2.15. The highest BCUT2D eigenvalue weighted by molar-refractivity contribution is 5.26. The Morgan fingerprint density at radius 2 is 2.10 bits per heavy atom. The molecule has 21 heavy (non-hydrogen) atoms. The normalized spacial score (nSPS) is 13.4. The Balaban J connectivity index is 2.08. The van der Waals surface area contributed by atoms with E-state index in [2.05, 4.69) is 20.8 Å². The summed E-state index contributed by atoms with van der Waals surface area (Å²) >= 11 is 0. The minimum Gasteiger partial charge on any atom is -0.271 e. The first-order valence-electron chi connectivity index (χ1n) is 6.23. The van der Waals surface area contributed by atoms with Crippen LogP contribution >= 0.6 is 0 Å². The Labute approximate surface area is 119 Å². The van der Waals surface area contributed by atoms with Gasteiger partial charge >= 0.3 is 6.18 Å². The van der Waals surface area contributed by atoms with Gasteiger partial charge in [0, 0.05) is 12.5 Å². The topological polar surface area (TPSA) is 81.7 Å². The van der Waals surface area contributed by atoms with E-state index in [4.69, 9.17) is 5.84 Å². The Hall–Kier alpha value is -2.00. The fourth-order valence-electron chi connectivity index (χ4n) is 1.97. The number of halogens is 3. The van der Waals surface area contributed by atoms with Crippen molar-refractivity contribution in [2.24, 2.45) is 12.9 Å². The second kappa shape index (κ2) is 6.19. The maximum absolute atomic E-state index is 12.7. The number of benzene rings is 1. The van der Waals surface area contributed by atoms with E-state index in [9.17, 15) is 13.2 Å². The number of alkyl halides is 3. The van der Waals surface area contributed by atoms with Gasteiger partial charge in [0.25, 0.3) is 0 Å². The van der Waals surface area contributed by atoms with E-state index in [0.29, 0.717) is 24.2 Å². The van der Waals surface area contributed by atoms with Crippen LogP contribution in [0, 0.1) is 0 Å². The maximum Gasteiger partial charge on any atom is 0.416 e. The molecule has 6 nitrogen and oxygen atoms in total. The number of nitrogens with two attached hydrogens (primary N) is 1. The molecule has 0 fully saturated rings. The zero-order valence-electron chi connectivity index (χ0n) is 11.3. The van der Waals surface area contributed by atoms with Gasteiger partial charge in [0.15, 0.2) is 5.82 Å². The van der Waals surface area contributed by atoms with Crippen LogP contribution in [0.1, 0.15) is 17.0 Å². The summed E-state index contributed by atoms with van der Waals surface area (Å²) in [6.45, 7) is 0. The molecule has 114 valence electrons. The fraction of sp³-hybridized carbons (Fsp3) is 0.417. The Morgan fingerprint density at radius 3 is 2.67 bits per heavy atom. The summed E-state index contributed by atoms with van der Waals surface area (Å²) in [4.78, 5) is 1.31. The molecule has 0 aliphatic carbocycles. The van der Waals surface area contributed by atoms with Crippen LogP contribution in [0.25, 0.3) is 0 Å². The van der Waals surface area contributed by atoms with Crippen molar-refractivity contribution in [3.8, 4) is 0 Å². The van der Waals surface area contributed by atoms with E-state index >= 15 is 0 Å². The summed E-state index contributed by atoms with van der Waals surface area (Å²) < 4.78 is 38.0. The van der Waals surface area contributed by atoms with Gasteiger partial charge in [0.05, 0.1) is 12.6 Å². The highest BCUT2D eigenvalue weighted by Crippen LogP contribution is 2.29. The average Bonchev–Trinajstić information content (AvgIpc) is 2.83. The number of nitrogens with zero attached hydrogens (tertiary/aromatic N) is 4. The van der Waals surface area contributed by atoms with Crippen molar-refractivity contribution >= 4 is 0 Å². The fourth-order valence-corrected chi connectivity index (χ4v) is 1.97. The van der Waals surface area contributed by atoms with E-state index in [1.807, 2.05) is 0 Å². The van der Waals surface area contributed by atoms with E-state index in [1.54, 1.807) is 13.1 Å². The third-order valence-corrected chi connectivity index (χ3v) is 2.95. The Morgan fingerprint density at radius 1 is 1.33 bits per heavy atom. The van der Waals surface area contributed by atoms with Crippen LogP contribution in [0.4, 0.5) is 13.2 Å². The van der Waals surface area contributed by atoms with Crippen molar-refractivity contribution in [2.75, 3.05) is 0 Å². The maximum atomic E-state index is 12.7. The average molecular weight is 300 g/mol. The molecule has 0 saturated carbocycles. The van der Waals surface area contributed by atoms with Gasteiger partial charge in [-0.25, -0.2) is 0 Å². The summed E-state index contributed by atoms with van der Waals surface area (Å²) in [5.41, 5.74) is 2.43. The number of hydrogen-bond acceptors (Lipinski definition) is 5. The molecule has 3 N–H and O–H groups in total. The first kappa shape index (κ1) is 15.4. The first-order valence-corrected chi connectivity index (χ1v) is 6.23. The number of rotatable bonds is 5.